The number of hydrogen-bond donors (Lipinski definition) is 3. The first-order valence-corrected chi connectivity index (χ1v) is 8.88. The Morgan fingerprint density at radius 2 is 1.74 bits per heavy atom. The Labute approximate surface area is 157 Å². The van der Waals surface area contributed by atoms with Gasteiger partial charge < -0.3 is 15.4 Å². The molecule has 1 aromatic heterocycles. The number of aliphatic hydroxyl groups excluding tert-OH is 1. The maximum Gasteiger partial charge on any atom is 0.191 e. The van der Waals surface area contributed by atoms with E-state index in [0.29, 0.717) is 5.56 Å². The topological polar surface area (TPSA) is 65.1 Å². The fourth-order valence-electron chi connectivity index (χ4n) is 3.30. The predicted molar refractivity (Wildman–Crippen MR) is 108 cm³/mol. The fourth-order valence-corrected chi connectivity index (χ4v) is 3.30. The van der Waals surface area contributed by atoms with Crippen LogP contribution in [0, 0.1) is 0 Å². The number of para-hydroxylation sites is 1. The molecule has 27 heavy (non-hydrogen) atoms. The third-order valence-electron chi connectivity index (χ3n) is 4.67. The molecule has 0 spiro atoms. The molecule has 0 aliphatic heterocycles. The summed E-state index contributed by atoms with van der Waals surface area (Å²) in [6.07, 6.45) is 1.77. The van der Waals surface area contributed by atoms with Crippen molar-refractivity contribution < 1.29 is 9.90 Å². The summed E-state index contributed by atoms with van der Waals surface area (Å²) in [5.41, 5.74) is 4.08. The minimum absolute atomic E-state index is 0.00643. The Balaban J connectivity index is 1.74. The molecule has 4 nitrogen and oxygen atoms in total. The number of benzene rings is 3. The van der Waals surface area contributed by atoms with Crippen LogP contribution in [-0.2, 0) is 6.61 Å². The van der Waals surface area contributed by atoms with Gasteiger partial charge in [0.25, 0.3) is 0 Å². The Morgan fingerprint density at radius 1 is 0.963 bits per heavy atom. The van der Waals surface area contributed by atoms with Gasteiger partial charge in [0, 0.05) is 28.4 Å². The molecule has 3 aromatic carbocycles. The van der Waals surface area contributed by atoms with Crippen LogP contribution in [0.25, 0.3) is 10.9 Å². The lowest BCUT2D eigenvalue weighted by Crippen LogP contribution is -2.21. The van der Waals surface area contributed by atoms with Gasteiger partial charge in [0.1, 0.15) is 6.04 Å². The van der Waals surface area contributed by atoms with Crippen molar-refractivity contribution in [2.45, 2.75) is 12.6 Å². The average molecular weight is 356 g/mol. The third kappa shape index (κ3) is 3.48. The van der Waals surface area contributed by atoms with E-state index in [2.05, 4.69) is 10.3 Å². The van der Waals surface area contributed by atoms with Crippen LogP contribution in [0.2, 0.25) is 0 Å². The van der Waals surface area contributed by atoms with Gasteiger partial charge in [-0.25, -0.2) is 0 Å². The zero-order valence-corrected chi connectivity index (χ0v) is 14.7. The highest BCUT2D eigenvalue weighted by Crippen LogP contribution is 2.28. The van der Waals surface area contributed by atoms with E-state index in [0.717, 1.165) is 27.7 Å². The number of fused-ring (bicyclic) bond motifs is 1. The van der Waals surface area contributed by atoms with Gasteiger partial charge in [-0.1, -0.05) is 60.7 Å². The number of Topliss-reactive ketones (excluding diaryl/α,β-unsaturated/α-hetero) is 1. The molecule has 0 saturated heterocycles. The lowest BCUT2D eigenvalue weighted by molar-refractivity contribution is 0.0971. The number of nitrogens with one attached hydrogen (secondary N) is 2. The van der Waals surface area contributed by atoms with Crippen LogP contribution in [-0.4, -0.2) is 15.9 Å². The van der Waals surface area contributed by atoms with E-state index < -0.39 is 6.04 Å². The SMILES string of the molecule is O=C(c1c[nH]c2ccccc12)[C@@H](Nc1cccc(CO)c1)c1ccccc1. The largest absolute Gasteiger partial charge is 0.392 e. The highest BCUT2D eigenvalue weighted by molar-refractivity contribution is 6.11. The summed E-state index contributed by atoms with van der Waals surface area (Å²) in [5.74, 6) is -0.00643. The van der Waals surface area contributed by atoms with Crippen molar-refractivity contribution in [1.82, 2.24) is 4.98 Å². The summed E-state index contributed by atoms with van der Waals surface area (Å²) in [5, 5.41) is 13.7. The number of aromatic amines is 1. The molecule has 3 N–H and O–H groups in total. The van der Waals surface area contributed by atoms with Gasteiger partial charge in [-0.05, 0) is 29.3 Å². The molecule has 1 heterocycles. The van der Waals surface area contributed by atoms with E-state index in [4.69, 9.17) is 0 Å². The van der Waals surface area contributed by atoms with Crippen molar-refractivity contribution in [1.29, 1.82) is 0 Å². The summed E-state index contributed by atoms with van der Waals surface area (Å²) < 4.78 is 0. The monoisotopic (exact) mass is 356 g/mol. The van der Waals surface area contributed by atoms with E-state index in [1.165, 1.54) is 0 Å². The summed E-state index contributed by atoms with van der Waals surface area (Å²) >= 11 is 0. The quantitative estimate of drug-likeness (QED) is 0.439. The van der Waals surface area contributed by atoms with Crippen LogP contribution in [0.3, 0.4) is 0 Å². The van der Waals surface area contributed by atoms with E-state index >= 15 is 0 Å². The second-order valence-electron chi connectivity index (χ2n) is 6.46. The van der Waals surface area contributed by atoms with Crippen molar-refractivity contribution in [3.63, 3.8) is 0 Å². The van der Waals surface area contributed by atoms with E-state index in [9.17, 15) is 9.90 Å². The van der Waals surface area contributed by atoms with Crippen molar-refractivity contribution in [2.75, 3.05) is 5.32 Å². The first kappa shape index (κ1) is 17.1. The van der Waals surface area contributed by atoms with Gasteiger partial charge >= 0.3 is 0 Å². The second kappa shape index (κ2) is 7.48. The maximum atomic E-state index is 13.4. The maximum absolute atomic E-state index is 13.4. The van der Waals surface area contributed by atoms with Crippen molar-refractivity contribution in [2.24, 2.45) is 0 Å². The summed E-state index contributed by atoms with van der Waals surface area (Å²) in [4.78, 5) is 16.6. The summed E-state index contributed by atoms with van der Waals surface area (Å²) in [6, 6.07) is 24.4. The van der Waals surface area contributed by atoms with Gasteiger partial charge in [-0.3, -0.25) is 4.79 Å². The highest BCUT2D eigenvalue weighted by Gasteiger charge is 2.24. The van der Waals surface area contributed by atoms with Crippen LogP contribution < -0.4 is 5.32 Å². The first-order chi connectivity index (χ1) is 13.3. The molecule has 4 rings (SSSR count). The lowest BCUT2D eigenvalue weighted by Gasteiger charge is -2.19. The number of carbonyl (C=O) groups is 1. The molecule has 0 saturated carbocycles. The molecular weight excluding hydrogens is 336 g/mol. The van der Waals surface area contributed by atoms with Gasteiger partial charge in [-0.15, -0.1) is 0 Å². The van der Waals surface area contributed by atoms with Crippen LogP contribution in [0.1, 0.15) is 27.5 Å². The van der Waals surface area contributed by atoms with E-state index in [-0.39, 0.29) is 12.4 Å². The minimum Gasteiger partial charge on any atom is -0.392 e. The summed E-state index contributed by atoms with van der Waals surface area (Å²) in [7, 11) is 0. The Kier molecular flexibility index (Phi) is 4.73. The molecule has 0 fully saturated rings. The predicted octanol–water partition coefficient (Wildman–Crippen LogP) is 4.70. The second-order valence-corrected chi connectivity index (χ2v) is 6.46. The van der Waals surface area contributed by atoms with Gasteiger partial charge in [0.15, 0.2) is 5.78 Å². The van der Waals surface area contributed by atoms with E-state index in [1.807, 2.05) is 78.9 Å². The number of carbonyl (C=O) groups excluding carboxylic acids is 1. The standard InChI is InChI=1S/C23H20N2O2/c26-15-16-7-6-10-18(13-16)25-22(17-8-2-1-3-9-17)23(27)20-14-24-21-12-5-4-11-19(20)21/h1-14,22,24-26H,15H2/t22-/m0/s1. The molecule has 4 heteroatoms. The molecule has 1 atom stereocenters. The summed E-state index contributed by atoms with van der Waals surface area (Å²) in [6.45, 7) is -0.0398. The van der Waals surface area contributed by atoms with Gasteiger partial charge in [0.2, 0.25) is 0 Å². The third-order valence-corrected chi connectivity index (χ3v) is 4.67. The number of hydrogen-bond acceptors (Lipinski definition) is 3. The van der Waals surface area contributed by atoms with Crippen molar-refractivity contribution in [3.8, 4) is 0 Å². The normalized spacial score (nSPS) is 12.0. The van der Waals surface area contributed by atoms with E-state index in [1.54, 1.807) is 6.20 Å². The molecule has 134 valence electrons. The molecular formula is C23H20N2O2. The average Bonchev–Trinajstić information content (AvgIpc) is 3.16. The molecule has 0 bridgehead atoms. The smallest absolute Gasteiger partial charge is 0.191 e. The fraction of sp³-hybridized carbons (Fsp3) is 0.0870. The van der Waals surface area contributed by atoms with Gasteiger partial charge in [0.05, 0.1) is 6.61 Å². The zero-order chi connectivity index (χ0) is 18.6. The van der Waals surface area contributed by atoms with Crippen LogP contribution in [0.5, 0.6) is 0 Å². The molecule has 0 aliphatic carbocycles. The highest BCUT2D eigenvalue weighted by atomic mass is 16.3. The van der Waals surface area contributed by atoms with Crippen LogP contribution in [0.4, 0.5) is 5.69 Å². The Hall–Kier alpha value is -3.37. The Bertz CT molecular complexity index is 1070. The number of H-pyrrole nitrogens is 1. The first-order valence-electron chi connectivity index (χ1n) is 8.88. The molecule has 0 amide bonds. The van der Waals surface area contributed by atoms with Gasteiger partial charge in [-0.2, -0.15) is 0 Å². The number of ketones is 1. The van der Waals surface area contributed by atoms with Crippen molar-refractivity contribution in [3.05, 3.63) is 102 Å². The number of aliphatic hydroxyl groups is 1. The molecule has 4 aromatic rings. The molecule has 0 radical (unpaired) electrons. The Morgan fingerprint density at radius 3 is 2.56 bits per heavy atom. The van der Waals surface area contributed by atoms with Crippen LogP contribution >= 0.6 is 0 Å². The number of anilines is 1. The van der Waals surface area contributed by atoms with Crippen molar-refractivity contribution >= 4 is 22.4 Å². The lowest BCUT2D eigenvalue weighted by atomic mass is 9.96. The number of aromatic nitrogens is 1. The molecule has 0 unspecified atom stereocenters. The minimum atomic E-state index is -0.528. The van der Waals surface area contributed by atoms with Crippen LogP contribution in [0.15, 0.2) is 85.1 Å². The molecule has 0 aliphatic rings. The number of rotatable bonds is 6. The zero-order valence-electron chi connectivity index (χ0n) is 14.7.